The third kappa shape index (κ3) is 3.65. The molecule has 0 saturated carbocycles. The van der Waals surface area contributed by atoms with Crippen molar-refractivity contribution in [3.63, 3.8) is 0 Å². The van der Waals surface area contributed by atoms with Gasteiger partial charge in [-0.25, -0.2) is 4.98 Å². The number of nitrogens with zero attached hydrogens (tertiary/aromatic N) is 2. The van der Waals surface area contributed by atoms with Crippen molar-refractivity contribution >= 4 is 11.5 Å². The summed E-state index contributed by atoms with van der Waals surface area (Å²) in [6.07, 6.45) is 1.14. The normalized spacial score (nSPS) is 14.1. The highest BCUT2D eigenvalue weighted by atomic mass is 16.6. The lowest BCUT2D eigenvalue weighted by Gasteiger charge is -2.21. The van der Waals surface area contributed by atoms with E-state index in [0.717, 1.165) is 6.20 Å². The van der Waals surface area contributed by atoms with Crippen molar-refractivity contribution in [2.24, 2.45) is 0 Å². The molecule has 0 spiro atoms. The number of aliphatic hydroxyl groups is 2. The summed E-state index contributed by atoms with van der Waals surface area (Å²) in [7, 11) is 0. The van der Waals surface area contributed by atoms with Gasteiger partial charge in [0.15, 0.2) is 0 Å². The van der Waals surface area contributed by atoms with Crippen molar-refractivity contribution in [2.75, 3.05) is 18.5 Å². The number of pyridine rings is 1. The number of nitro groups is 1. The van der Waals surface area contributed by atoms with Crippen molar-refractivity contribution in [1.82, 2.24) is 4.98 Å². The first-order valence-electron chi connectivity index (χ1n) is 5.04. The number of rotatable bonds is 5. The molecule has 0 aromatic carbocycles. The molecular weight excluding hydrogens is 226 g/mol. The van der Waals surface area contributed by atoms with Crippen LogP contribution < -0.4 is 5.32 Å². The second kappa shape index (κ2) is 5.07. The number of hydrogen-bond acceptors (Lipinski definition) is 6. The van der Waals surface area contributed by atoms with Crippen molar-refractivity contribution < 1.29 is 15.1 Å². The molecule has 1 unspecified atom stereocenters. The second-order valence-electron chi connectivity index (χ2n) is 4.12. The van der Waals surface area contributed by atoms with Crippen LogP contribution in [0.5, 0.6) is 0 Å². The Hall–Kier alpha value is -1.73. The predicted octanol–water partition coefficient (Wildman–Crippen LogP) is 0.453. The van der Waals surface area contributed by atoms with Crippen molar-refractivity contribution in [3.05, 3.63) is 27.9 Å². The summed E-state index contributed by atoms with van der Waals surface area (Å²) >= 11 is 0. The molecule has 3 N–H and O–H groups in total. The Labute approximate surface area is 98.3 Å². The maximum absolute atomic E-state index is 10.5. The number of aliphatic hydroxyl groups excluding tert-OH is 1. The molecule has 17 heavy (non-hydrogen) atoms. The first-order valence-corrected chi connectivity index (χ1v) is 5.04. The Kier molecular flexibility index (Phi) is 3.97. The molecule has 7 nitrogen and oxygen atoms in total. The quantitative estimate of drug-likeness (QED) is 0.510. The number of anilines is 1. The molecule has 1 aromatic rings. The topological polar surface area (TPSA) is 109 Å². The smallest absolute Gasteiger partial charge is 0.287 e. The third-order valence-electron chi connectivity index (χ3n) is 2.25. The summed E-state index contributed by atoms with van der Waals surface area (Å²) in [5, 5.41) is 31.8. The van der Waals surface area contributed by atoms with Crippen LogP contribution in [0.4, 0.5) is 11.5 Å². The van der Waals surface area contributed by atoms with Crippen molar-refractivity contribution in [2.45, 2.75) is 19.4 Å². The van der Waals surface area contributed by atoms with Crippen LogP contribution in [0.25, 0.3) is 0 Å². The van der Waals surface area contributed by atoms with E-state index >= 15 is 0 Å². The average Bonchev–Trinajstić information content (AvgIpc) is 2.27. The highest BCUT2D eigenvalue weighted by Gasteiger charge is 2.19. The fourth-order valence-corrected chi connectivity index (χ4v) is 1.17. The molecule has 0 aliphatic rings. The third-order valence-corrected chi connectivity index (χ3v) is 2.25. The molecule has 7 heteroatoms. The largest absolute Gasteiger partial charge is 0.393 e. The number of aryl methyl sites for hydroxylation is 1. The molecule has 1 heterocycles. The van der Waals surface area contributed by atoms with E-state index < -0.39 is 10.5 Å². The Morgan fingerprint density at radius 1 is 1.65 bits per heavy atom. The van der Waals surface area contributed by atoms with Gasteiger partial charge in [-0.2, -0.15) is 0 Å². The summed E-state index contributed by atoms with van der Waals surface area (Å²) < 4.78 is 0. The molecule has 0 saturated heterocycles. The SMILES string of the molecule is Cc1cc([N+](=O)[O-])cnc1NCC(C)(O)CO. The van der Waals surface area contributed by atoms with Crippen molar-refractivity contribution in [3.8, 4) is 0 Å². The van der Waals surface area contributed by atoms with Gasteiger partial charge in [0.1, 0.15) is 17.6 Å². The summed E-state index contributed by atoms with van der Waals surface area (Å²) in [5.74, 6) is 0.448. The molecule has 0 radical (unpaired) electrons. The first kappa shape index (κ1) is 13.3. The molecule has 0 aliphatic heterocycles. The summed E-state index contributed by atoms with van der Waals surface area (Å²) in [4.78, 5) is 13.9. The molecule has 0 bridgehead atoms. The molecule has 94 valence electrons. The van der Waals surface area contributed by atoms with E-state index in [-0.39, 0.29) is 18.8 Å². The minimum atomic E-state index is -1.25. The van der Waals surface area contributed by atoms with Crippen LogP contribution in [-0.2, 0) is 0 Å². The van der Waals surface area contributed by atoms with Gasteiger partial charge in [-0.15, -0.1) is 0 Å². The van der Waals surface area contributed by atoms with E-state index in [2.05, 4.69) is 10.3 Å². The zero-order valence-corrected chi connectivity index (χ0v) is 9.67. The van der Waals surface area contributed by atoms with Crippen LogP contribution in [0.3, 0.4) is 0 Å². The number of nitrogens with one attached hydrogen (secondary N) is 1. The minimum absolute atomic E-state index is 0.0815. The zero-order valence-electron chi connectivity index (χ0n) is 9.67. The predicted molar refractivity (Wildman–Crippen MR) is 61.8 cm³/mol. The van der Waals surface area contributed by atoms with Gasteiger partial charge in [0.25, 0.3) is 5.69 Å². The Balaban J connectivity index is 2.77. The van der Waals surface area contributed by atoms with E-state index in [1.165, 1.54) is 13.0 Å². The summed E-state index contributed by atoms with van der Waals surface area (Å²) in [6, 6.07) is 1.39. The van der Waals surface area contributed by atoms with Crippen LogP contribution in [0.2, 0.25) is 0 Å². The molecule has 1 aromatic heterocycles. The maximum atomic E-state index is 10.5. The van der Waals surface area contributed by atoms with Gasteiger partial charge in [-0.3, -0.25) is 10.1 Å². The van der Waals surface area contributed by atoms with Crippen LogP contribution in [0, 0.1) is 17.0 Å². The molecule has 1 atom stereocenters. The second-order valence-corrected chi connectivity index (χ2v) is 4.12. The fraction of sp³-hybridized carbons (Fsp3) is 0.500. The van der Waals surface area contributed by atoms with Gasteiger partial charge in [0.2, 0.25) is 0 Å². The van der Waals surface area contributed by atoms with Crippen molar-refractivity contribution in [1.29, 1.82) is 0 Å². The van der Waals surface area contributed by atoms with Crippen LogP contribution in [0.15, 0.2) is 12.3 Å². The monoisotopic (exact) mass is 241 g/mol. The maximum Gasteiger partial charge on any atom is 0.287 e. The molecule has 0 fully saturated rings. The van der Waals surface area contributed by atoms with Crippen LogP contribution >= 0.6 is 0 Å². The van der Waals surface area contributed by atoms with Gasteiger partial charge in [0.05, 0.1) is 11.5 Å². The zero-order chi connectivity index (χ0) is 13.1. The van der Waals surface area contributed by atoms with E-state index in [1.807, 2.05) is 0 Å². The van der Waals surface area contributed by atoms with E-state index in [1.54, 1.807) is 6.92 Å². The van der Waals surface area contributed by atoms with Crippen LogP contribution in [-0.4, -0.2) is 38.9 Å². The lowest BCUT2D eigenvalue weighted by Crippen LogP contribution is -2.37. The fourth-order valence-electron chi connectivity index (χ4n) is 1.17. The minimum Gasteiger partial charge on any atom is -0.393 e. The lowest BCUT2D eigenvalue weighted by molar-refractivity contribution is -0.385. The summed E-state index contributed by atoms with van der Waals surface area (Å²) in [5.41, 5.74) is -0.731. The first-order chi connectivity index (χ1) is 7.85. The lowest BCUT2D eigenvalue weighted by atomic mass is 10.1. The highest BCUT2D eigenvalue weighted by Crippen LogP contribution is 2.18. The number of hydrogen-bond donors (Lipinski definition) is 3. The highest BCUT2D eigenvalue weighted by molar-refractivity contribution is 5.48. The Bertz CT molecular complexity index is 420. The molecule has 0 aliphatic carbocycles. The number of aromatic nitrogens is 1. The average molecular weight is 241 g/mol. The van der Waals surface area contributed by atoms with Gasteiger partial charge in [0, 0.05) is 12.6 Å². The standard InChI is InChI=1S/C10H15N3O4/c1-7-3-8(13(16)17)4-11-9(7)12-5-10(2,15)6-14/h3-4,14-15H,5-6H2,1-2H3,(H,11,12). The Morgan fingerprint density at radius 3 is 2.76 bits per heavy atom. The van der Waals surface area contributed by atoms with Gasteiger partial charge >= 0.3 is 0 Å². The van der Waals surface area contributed by atoms with Gasteiger partial charge in [-0.05, 0) is 19.4 Å². The van der Waals surface area contributed by atoms with E-state index in [4.69, 9.17) is 5.11 Å². The molecule has 0 amide bonds. The summed E-state index contributed by atoms with van der Waals surface area (Å²) in [6.45, 7) is 2.87. The molecular formula is C10H15N3O4. The molecule has 1 rings (SSSR count). The van der Waals surface area contributed by atoms with Gasteiger partial charge in [-0.1, -0.05) is 0 Å². The van der Waals surface area contributed by atoms with Crippen LogP contribution in [0.1, 0.15) is 12.5 Å². The van der Waals surface area contributed by atoms with Gasteiger partial charge < -0.3 is 15.5 Å². The Morgan fingerprint density at radius 2 is 2.29 bits per heavy atom. The van der Waals surface area contributed by atoms with E-state index in [0.29, 0.717) is 11.4 Å². The van der Waals surface area contributed by atoms with E-state index in [9.17, 15) is 15.2 Å².